The van der Waals surface area contributed by atoms with E-state index in [0.717, 1.165) is 25.8 Å². The summed E-state index contributed by atoms with van der Waals surface area (Å²) in [6.07, 6.45) is 6.01. The maximum absolute atomic E-state index is 14.2. The number of β-amino-alcohol motifs (C(OH)–C–C–N with tert-alkyl or cyclic N) is 1. The first kappa shape index (κ1) is 24.0. The Hall–Kier alpha value is -1.05. The Morgan fingerprint density at radius 1 is 1.30 bits per heavy atom. The van der Waals surface area contributed by atoms with Crippen LogP contribution >= 0.6 is 0 Å². The number of unbranched alkanes of at least 4 members (excludes halogenated alkanes) is 3. The first-order valence-corrected chi connectivity index (χ1v) is 10.0. The lowest BCUT2D eigenvalue weighted by Crippen LogP contribution is -2.44. The van der Waals surface area contributed by atoms with Crippen molar-refractivity contribution < 1.29 is 28.9 Å². The normalized spacial score (nSPS) is 21.8. The summed E-state index contributed by atoms with van der Waals surface area (Å²) < 4.78 is 28.4. The minimum Gasteiger partial charge on any atom is -0.396 e. The van der Waals surface area contributed by atoms with Crippen LogP contribution in [0, 0.1) is 0 Å². The lowest BCUT2D eigenvalue weighted by Gasteiger charge is -2.31. The fourth-order valence-corrected chi connectivity index (χ4v) is 3.25. The third kappa shape index (κ3) is 7.47. The molecule has 1 aliphatic heterocycles. The number of nitrogens with zero attached hydrogens (tertiary/aromatic N) is 1. The number of rotatable bonds is 13. The third-order valence-corrected chi connectivity index (χ3v) is 5.21. The largest absolute Gasteiger partial charge is 0.396 e. The van der Waals surface area contributed by atoms with Gasteiger partial charge in [-0.15, -0.1) is 0 Å². The van der Waals surface area contributed by atoms with Crippen molar-refractivity contribution in [2.24, 2.45) is 0 Å². The summed E-state index contributed by atoms with van der Waals surface area (Å²) in [7, 11) is 0. The van der Waals surface area contributed by atoms with Gasteiger partial charge in [-0.2, -0.15) is 0 Å². The minimum atomic E-state index is -3.24. The number of amides is 1. The SMILES string of the molecule is CCCCC(F)(F)C(C)(O)C=CC1CCC(=O)N1CC(O)CCCCCO. The van der Waals surface area contributed by atoms with E-state index in [-0.39, 0.29) is 25.5 Å². The minimum absolute atomic E-state index is 0.114. The van der Waals surface area contributed by atoms with Gasteiger partial charge >= 0.3 is 0 Å². The smallest absolute Gasteiger partial charge is 0.279 e. The Morgan fingerprint density at radius 2 is 2.00 bits per heavy atom. The molecule has 0 spiro atoms. The summed E-state index contributed by atoms with van der Waals surface area (Å²) in [5.41, 5.74) is -2.28. The Labute approximate surface area is 161 Å². The van der Waals surface area contributed by atoms with Gasteiger partial charge in [0.25, 0.3) is 5.92 Å². The van der Waals surface area contributed by atoms with Crippen LogP contribution in [0.1, 0.15) is 71.6 Å². The number of aliphatic hydroxyl groups excluding tert-OH is 2. The van der Waals surface area contributed by atoms with E-state index < -0.39 is 23.7 Å². The fourth-order valence-electron chi connectivity index (χ4n) is 3.25. The van der Waals surface area contributed by atoms with E-state index >= 15 is 0 Å². The van der Waals surface area contributed by atoms with Gasteiger partial charge in [-0.25, -0.2) is 8.78 Å². The summed E-state index contributed by atoms with van der Waals surface area (Å²) in [4.78, 5) is 13.6. The van der Waals surface area contributed by atoms with Crippen molar-refractivity contribution in [1.82, 2.24) is 4.90 Å². The van der Waals surface area contributed by atoms with Crippen molar-refractivity contribution in [2.45, 2.75) is 95.3 Å². The summed E-state index contributed by atoms with van der Waals surface area (Å²) in [5.74, 6) is -3.35. The molecular weight excluding hydrogens is 356 g/mol. The molecule has 1 amide bonds. The number of likely N-dealkylation sites (tertiary alicyclic amines) is 1. The molecular formula is C20H35F2NO4. The predicted octanol–water partition coefficient (Wildman–Crippen LogP) is 3.02. The number of hydrogen-bond acceptors (Lipinski definition) is 4. The van der Waals surface area contributed by atoms with Gasteiger partial charge in [0.1, 0.15) is 5.60 Å². The Balaban J connectivity index is 2.66. The van der Waals surface area contributed by atoms with E-state index in [9.17, 15) is 23.8 Å². The summed E-state index contributed by atoms with van der Waals surface area (Å²) in [6.45, 7) is 3.19. The zero-order valence-corrected chi connectivity index (χ0v) is 16.5. The van der Waals surface area contributed by atoms with Gasteiger partial charge in [0.05, 0.1) is 12.1 Å². The second-order valence-corrected chi connectivity index (χ2v) is 7.69. The van der Waals surface area contributed by atoms with Crippen LogP contribution in [0.25, 0.3) is 0 Å². The molecule has 0 aromatic rings. The van der Waals surface area contributed by atoms with Gasteiger partial charge in [-0.3, -0.25) is 4.79 Å². The number of carbonyl (C=O) groups is 1. The van der Waals surface area contributed by atoms with E-state index in [2.05, 4.69) is 0 Å². The molecule has 1 saturated heterocycles. The quantitative estimate of drug-likeness (QED) is 0.333. The molecule has 0 aromatic heterocycles. The maximum Gasteiger partial charge on any atom is 0.279 e. The Kier molecular flexibility index (Phi) is 9.84. The molecule has 0 radical (unpaired) electrons. The van der Waals surface area contributed by atoms with Crippen molar-refractivity contribution in [3.63, 3.8) is 0 Å². The van der Waals surface area contributed by atoms with Crippen molar-refractivity contribution >= 4 is 5.91 Å². The highest BCUT2D eigenvalue weighted by atomic mass is 19.3. The van der Waals surface area contributed by atoms with Gasteiger partial charge in [0.15, 0.2) is 0 Å². The van der Waals surface area contributed by atoms with Crippen LogP contribution in [0.4, 0.5) is 8.78 Å². The molecule has 5 nitrogen and oxygen atoms in total. The van der Waals surface area contributed by atoms with E-state index in [1.807, 2.05) is 6.92 Å². The zero-order valence-electron chi connectivity index (χ0n) is 16.5. The van der Waals surface area contributed by atoms with E-state index in [0.29, 0.717) is 38.5 Å². The molecule has 27 heavy (non-hydrogen) atoms. The topological polar surface area (TPSA) is 81.0 Å². The zero-order chi connectivity index (χ0) is 20.5. The Bertz CT molecular complexity index is 483. The average molecular weight is 391 g/mol. The number of carbonyl (C=O) groups excluding carboxylic acids is 1. The van der Waals surface area contributed by atoms with Gasteiger partial charge < -0.3 is 20.2 Å². The van der Waals surface area contributed by atoms with Crippen LogP contribution < -0.4 is 0 Å². The van der Waals surface area contributed by atoms with E-state index in [4.69, 9.17) is 5.11 Å². The fraction of sp³-hybridized carbons (Fsp3) is 0.850. The Morgan fingerprint density at radius 3 is 2.63 bits per heavy atom. The van der Waals surface area contributed by atoms with Crippen LogP contribution in [0.15, 0.2) is 12.2 Å². The van der Waals surface area contributed by atoms with Crippen molar-refractivity contribution in [3.05, 3.63) is 12.2 Å². The lowest BCUT2D eigenvalue weighted by atomic mass is 9.92. The van der Waals surface area contributed by atoms with Gasteiger partial charge in [0.2, 0.25) is 5.91 Å². The molecule has 1 heterocycles. The van der Waals surface area contributed by atoms with E-state index in [1.165, 1.54) is 11.0 Å². The second-order valence-electron chi connectivity index (χ2n) is 7.69. The molecule has 158 valence electrons. The maximum atomic E-state index is 14.2. The summed E-state index contributed by atoms with van der Waals surface area (Å²) in [5, 5.41) is 29.1. The number of halogens is 2. The third-order valence-electron chi connectivity index (χ3n) is 5.21. The van der Waals surface area contributed by atoms with Crippen LogP contribution in [0.3, 0.4) is 0 Å². The number of alkyl halides is 2. The molecule has 1 fully saturated rings. The lowest BCUT2D eigenvalue weighted by molar-refractivity contribution is -0.150. The number of hydrogen-bond donors (Lipinski definition) is 3. The highest BCUT2D eigenvalue weighted by molar-refractivity contribution is 5.79. The standard InChI is InChI=1S/C20H35F2NO4/c1-3-4-12-20(21,22)19(2,27)13-11-16-9-10-18(26)23(16)15-17(25)8-6-5-7-14-24/h11,13,16-17,24-25,27H,3-10,12,14-15H2,1-2H3. The first-order valence-electron chi connectivity index (χ1n) is 10.0. The highest BCUT2D eigenvalue weighted by Gasteiger charge is 2.46. The van der Waals surface area contributed by atoms with Crippen LogP contribution in [0.5, 0.6) is 0 Å². The molecule has 3 unspecified atom stereocenters. The molecule has 7 heteroatoms. The molecule has 1 aliphatic rings. The summed E-state index contributed by atoms with van der Waals surface area (Å²) >= 11 is 0. The average Bonchev–Trinajstić information content (AvgIpc) is 2.95. The highest BCUT2D eigenvalue weighted by Crippen LogP contribution is 2.35. The van der Waals surface area contributed by atoms with Crippen LogP contribution in [-0.4, -0.2) is 62.9 Å². The molecule has 3 N–H and O–H groups in total. The molecule has 0 aromatic carbocycles. The number of aliphatic hydroxyl groups is 3. The molecule has 0 saturated carbocycles. The van der Waals surface area contributed by atoms with Crippen molar-refractivity contribution in [1.29, 1.82) is 0 Å². The first-order chi connectivity index (χ1) is 12.6. The summed E-state index contributed by atoms with van der Waals surface area (Å²) in [6, 6.07) is -0.391. The molecule has 3 atom stereocenters. The van der Waals surface area contributed by atoms with Gasteiger partial charge in [-0.1, -0.05) is 32.3 Å². The van der Waals surface area contributed by atoms with E-state index in [1.54, 1.807) is 0 Å². The molecule has 0 bridgehead atoms. The van der Waals surface area contributed by atoms with Crippen molar-refractivity contribution in [2.75, 3.05) is 13.2 Å². The van der Waals surface area contributed by atoms with Crippen molar-refractivity contribution in [3.8, 4) is 0 Å². The van der Waals surface area contributed by atoms with Crippen LogP contribution in [-0.2, 0) is 4.79 Å². The second kappa shape index (κ2) is 11.1. The monoisotopic (exact) mass is 391 g/mol. The van der Waals surface area contributed by atoms with Gasteiger partial charge in [-0.05, 0) is 38.7 Å². The molecule has 1 rings (SSSR count). The van der Waals surface area contributed by atoms with Gasteiger partial charge in [0, 0.05) is 26.0 Å². The molecule has 0 aliphatic carbocycles. The van der Waals surface area contributed by atoms with Crippen LogP contribution in [0.2, 0.25) is 0 Å². The predicted molar refractivity (Wildman–Crippen MR) is 101 cm³/mol.